The van der Waals surface area contributed by atoms with E-state index < -0.39 is 0 Å². The molecule has 16 heavy (non-hydrogen) atoms. The van der Waals surface area contributed by atoms with E-state index in [9.17, 15) is 0 Å². The van der Waals surface area contributed by atoms with Gasteiger partial charge in [-0.15, -0.1) is 0 Å². The summed E-state index contributed by atoms with van der Waals surface area (Å²) in [5.74, 6) is 2.53. The minimum atomic E-state index is 0.306. The van der Waals surface area contributed by atoms with E-state index in [1.807, 2.05) is 19.2 Å². The Kier molecular flexibility index (Phi) is 5.56. The van der Waals surface area contributed by atoms with Gasteiger partial charge in [0.05, 0.1) is 6.04 Å². The Balaban J connectivity index is 2.77. The van der Waals surface area contributed by atoms with E-state index in [2.05, 4.69) is 19.2 Å². The van der Waals surface area contributed by atoms with Crippen LogP contribution in [0.15, 0.2) is 16.5 Å². The van der Waals surface area contributed by atoms with Crippen LogP contribution in [-0.2, 0) is 11.3 Å². The normalized spacial score (nSPS) is 13.3. The summed E-state index contributed by atoms with van der Waals surface area (Å²) in [4.78, 5) is 0. The zero-order chi connectivity index (χ0) is 12.0. The fraction of sp³-hybridized carbons (Fsp3) is 0.692. The number of hydrogen-bond donors (Lipinski definition) is 1. The van der Waals surface area contributed by atoms with Crippen LogP contribution < -0.4 is 5.32 Å². The van der Waals surface area contributed by atoms with Gasteiger partial charge in [0.25, 0.3) is 0 Å². The summed E-state index contributed by atoms with van der Waals surface area (Å²) in [6, 6.07) is 4.35. The first kappa shape index (κ1) is 13.3. The fourth-order valence-corrected chi connectivity index (χ4v) is 2.15. The Morgan fingerprint density at radius 3 is 2.50 bits per heavy atom. The van der Waals surface area contributed by atoms with Crippen molar-refractivity contribution in [3.05, 3.63) is 23.7 Å². The Labute approximate surface area is 98.2 Å². The van der Waals surface area contributed by atoms with Crippen molar-refractivity contribution < 1.29 is 9.15 Å². The zero-order valence-corrected chi connectivity index (χ0v) is 10.7. The van der Waals surface area contributed by atoms with E-state index in [1.54, 1.807) is 7.11 Å². The van der Waals surface area contributed by atoms with Gasteiger partial charge in [-0.05, 0) is 25.1 Å². The monoisotopic (exact) mass is 225 g/mol. The number of ether oxygens (including phenoxy) is 1. The molecule has 1 heterocycles. The molecular weight excluding hydrogens is 202 g/mol. The maximum absolute atomic E-state index is 5.77. The average Bonchev–Trinajstić information content (AvgIpc) is 2.74. The fourth-order valence-electron chi connectivity index (χ4n) is 2.15. The first-order valence-electron chi connectivity index (χ1n) is 6.01. The van der Waals surface area contributed by atoms with Crippen molar-refractivity contribution in [2.75, 3.05) is 14.2 Å². The Morgan fingerprint density at radius 2 is 2.00 bits per heavy atom. The number of furan rings is 1. The van der Waals surface area contributed by atoms with Crippen LogP contribution in [0, 0.1) is 5.92 Å². The molecule has 1 atom stereocenters. The molecule has 3 heteroatoms. The summed E-state index contributed by atoms with van der Waals surface area (Å²) >= 11 is 0. The smallest absolute Gasteiger partial charge is 0.129 e. The van der Waals surface area contributed by atoms with Crippen LogP contribution in [0.5, 0.6) is 0 Å². The van der Waals surface area contributed by atoms with Crippen LogP contribution >= 0.6 is 0 Å². The lowest BCUT2D eigenvalue weighted by molar-refractivity contribution is 0.159. The van der Waals surface area contributed by atoms with Gasteiger partial charge in [-0.3, -0.25) is 0 Å². The van der Waals surface area contributed by atoms with Gasteiger partial charge in [0.15, 0.2) is 0 Å². The van der Waals surface area contributed by atoms with Gasteiger partial charge in [-0.25, -0.2) is 0 Å². The molecule has 0 aliphatic carbocycles. The van der Waals surface area contributed by atoms with Gasteiger partial charge in [-0.2, -0.15) is 0 Å². The third-order valence-electron chi connectivity index (χ3n) is 3.11. The summed E-state index contributed by atoms with van der Waals surface area (Å²) in [7, 11) is 3.67. The molecule has 0 aliphatic rings. The second kappa shape index (κ2) is 6.71. The third-order valence-corrected chi connectivity index (χ3v) is 3.11. The van der Waals surface area contributed by atoms with Crippen molar-refractivity contribution in [1.82, 2.24) is 5.32 Å². The first-order chi connectivity index (χ1) is 7.76. The van der Waals surface area contributed by atoms with E-state index in [0.717, 1.165) is 24.4 Å². The molecule has 3 nitrogen and oxygen atoms in total. The molecule has 0 fully saturated rings. The highest BCUT2D eigenvalue weighted by molar-refractivity contribution is 5.11. The zero-order valence-electron chi connectivity index (χ0n) is 10.7. The molecule has 1 aromatic heterocycles. The van der Waals surface area contributed by atoms with Crippen LogP contribution in [0.1, 0.15) is 44.3 Å². The largest absolute Gasteiger partial charge is 0.462 e. The van der Waals surface area contributed by atoms with Gasteiger partial charge in [0.1, 0.15) is 18.1 Å². The minimum Gasteiger partial charge on any atom is -0.462 e. The van der Waals surface area contributed by atoms with Gasteiger partial charge in [0.2, 0.25) is 0 Å². The Bertz CT molecular complexity index is 292. The summed E-state index contributed by atoms with van der Waals surface area (Å²) in [5, 5.41) is 3.34. The Hall–Kier alpha value is -0.800. The van der Waals surface area contributed by atoms with Crippen LogP contribution in [0.2, 0.25) is 0 Å². The van der Waals surface area contributed by atoms with E-state index >= 15 is 0 Å². The molecular formula is C13H23NO2. The number of hydrogen-bond acceptors (Lipinski definition) is 3. The van der Waals surface area contributed by atoms with Crippen molar-refractivity contribution in [2.24, 2.45) is 5.92 Å². The average molecular weight is 225 g/mol. The van der Waals surface area contributed by atoms with Crippen LogP contribution in [-0.4, -0.2) is 14.2 Å². The van der Waals surface area contributed by atoms with Crippen molar-refractivity contribution >= 4 is 0 Å². The van der Waals surface area contributed by atoms with Gasteiger partial charge < -0.3 is 14.5 Å². The second-order valence-electron chi connectivity index (χ2n) is 4.08. The molecule has 1 rings (SSSR count). The maximum Gasteiger partial charge on any atom is 0.129 e. The minimum absolute atomic E-state index is 0.306. The Morgan fingerprint density at radius 1 is 1.31 bits per heavy atom. The molecule has 1 N–H and O–H groups in total. The topological polar surface area (TPSA) is 34.4 Å². The predicted octanol–water partition coefficient (Wildman–Crippen LogP) is 3.12. The van der Waals surface area contributed by atoms with E-state index in [0.29, 0.717) is 18.6 Å². The molecule has 0 bridgehead atoms. The number of nitrogens with one attached hydrogen (secondary N) is 1. The van der Waals surface area contributed by atoms with E-state index in [1.165, 1.54) is 0 Å². The lowest BCUT2D eigenvalue weighted by Gasteiger charge is -2.22. The lowest BCUT2D eigenvalue weighted by atomic mass is 9.92. The van der Waals surface area contributed by atoms with Gasteiger partial charge in [-0.1, -0.05) is 26.7 Å². The number of rotatable bonds is 7. The highest BCUT2D eigenvalue weighted by Gasteiger charge is 2.21. The molecule has 0 amide bonds. The first-order valence-corrected chi connectivity index (χ1v) is 6.01. The van der Waals surface area contributed by atoms with Crippen LogP contribution in [0.3, 0.4) is 0 Å². The molecule has 0 aromatic carbocycles. The molecule has 0 saturated heterocycles. The summed E-state index contributed by atoms with van der Waals surface area (Å²) in [6.45, 7) is 4.98. The van der Waals surface area contributed by atoms with Crippen molar-refractivity contribution in [3.63, 3.8) is 0 Å². The van der Waals surface area contributed by atoms with Crippen molar-refractivity contribution in [1.29, 1.82) is 0 Å². The standard InChI is InChI=1S/C13H23NO2/c1-5-10(6-2)13(14-3)12-8-7-11(16-12)9-15-4/h7-8,10,13-14H,5-6,9H2,1-4H3. The van der Waals surface area contributed by atoms with Gasteiger partial charge in [0, 0.05) is 7.11 Å². The second-order valence-corrected chi connectivity index (χ2v) is 4.08. The highest BCUT2D eigenvalue weighted by Crippen LogP contribution is 2.28. The predicted molar refractivity (Wildman–Crippen MR) is 65.3 cm³/mol. The lowest BCUT2D eigenvalue weighted by Crippen LogP contribution is -2.24. The molecule has 1 unspecified atom stereocenters. The van der Waals surface area contributed by atoms with Crippen molar-refractivity contribution in [2.45, 2.75) is 39.3 Å². The maximum atomic E-state index is 5.77. The molecule has 0 spiro atoms. The summed E-state index contributed by atoms with van der Waals surface area (Å²) in [6.07, 6.45) is 2.31. The quantitative estimate of drug-likeness (QED) is 0.774. The summed E-state index contributed by atoms with van der Waals surface area (Å²) < 4.78 is 10.8. The van der Waals surface area contributed by atoms with Crippen molar-refractivity contribution in [3.8, 4) is 0 Å². The SMILES string of the molecule is CCC(CC)C(NC)c1ccc(COC)o1. The van der Waals surface area contributed by atoms with E-state index in [-0.39, 0.29) is 0 Å². The molecule has 0 aliphatic heterocycles. The molecule has 0 saturated carbocycles. The van der Waals surface area contributed by atoms with Crippen LogP contribution in [0.4, 0.5) is 0 Å². The highest BCUT2D eigenvalue weighted by atomic mass is 16.5. The third kappa shape index (κ3) is 3.09. The van der Waals surface area contributed by atoms with Gasteiger partial charge >= 0.3 is 0 Å². The number of methoxy groups -OCH3 is 1. The molecule has 0 radical (unpaired) electrons. The van der Waals surface area contributed by atoms with E-state index in [4.69, 9.17) is 9.15 Å². The molecule has 1 aromatic rings. The molecule has 92 valence electrons. The van der Waals surface area contributed by atoms with Crippen LogP contribution in [0.25, 0.3) is 0 Å². The summed E-state index contributed by atoms with van der Waals surface area (Å²) in [5.41, 5.74) is 0.